The van der Waals surface area contributed by atoms with E-state index in [1.807, 2.05) is 50.2 Å². The van der Waals surface area contributed by atoms with Crippen LogP contribution in [-0.2, 0) is 0 Å². The van der Waals surface area contributed by atoms with Gasteiger partial charge in [0.2, 0.25) is 0 Å². The Labute approximate surface area is 123 Å². The lowest BCUT2D eigenvalue weighted by Crippen LogP contribution is -2.02. The number of carbonyl (C=O) groups excluding carboxylic acids is 1. The molecule has 0 unspecified atom stereocenters. The number of ether oxygens (including phenoxy) is 1. The van der Waals surface area contributed by atoms with Crippen molar-refractivity contribution in [1.82, 2.24) is 0 Å². The highest BCUT2D eigenvalue weighted by Gasteiger charge is 2.19. The fraction of sp³-hybridized carbons (Fsp3) is 0.167. The highest BCUT2D eigenvalue weighted by Crippen LogP contribution is 2.27. The highest BCUT2D eigenvalue weighted by atomic mass is 16.5. The predicted molar refractivity (Wildman–Crippen MR) is 82.0 cm³/mol. The molecule has 0 aliphatic rings. The molecule has 0 radical (unpaired) electrons. The Kier molecular flexibility index (Phi) is 3.48. The van der Waals surface area contributed by atoms with Gasteiger partial charge in [-0.3, -0.25) is 4.79 Å². The van der Waals surface area contributed by atoms with Crippen LogP contribution in [0.2, 0.25) is 0 Å². The molecule has 1 heterocycles. The maximum Gasteiger partial charge on any atom is 0.197 e. The molecule has 0 aliphatic heterocycles. The van der Waals surface area contributed by atoms with Crippen LogP contribution in [0.4, 0.5) is 0 Å². The molecule has 2 aromatic carbocycles. The van der Waals surface area contributed by atoms with E-state index < -0.39 is 0 Å². The van der Waals surface area contributed by atoms with Gasteiger partial charge >= 0.3 is 0 Å². The minimum absolute atomic E-state index is 0.0273. The molecule has 0 aliphatic carbocycles. The minimum atomic E-state index is -0.0273. The van der Waals surface area contributed by atoms with Gasteiger partial charge in [-0.1, -0.05) is 18.2 Å². The lowest BCUT2D eigenvalue weighted by Gasteiger charge is -2.04. The Bertz CT molecular complexity index is 782. The number of carbonyl (C=O) groups is 1. The van der Waals surface area contributed by atoms with Crippen LogP contribution < -0.4 is 4.74 Å². The average Bonchev–Trinajstić information content (AvgIpc) is 2.83. The Morgan fingerprint density at radius 3 is 2.52 bits per heavy atom. The van der Waals surface area contributed by atoms with E-state index in [-0.39, 0.29) is 5.78 Å². The molecule has 0 saturated heterocycles. The predicted octanol–water partition coefficient (Wildman–Crippen LogP) is 4.37. The van der Waals surface area contributed by atoms with Crippen molar-refractivity contribution in [3.05, 3.63) is 65.4 Å². The number of benzene rings is 2. The van der Waals surface area contributed by atoms with Crippen molar-refractivity contribution < 1.29 is 13.9 Å². The topological polar surface area (TPSA) is 39.4 Å². The third-order valence-corrected chi connectivity index (χ3v) is 3.43. The third kappa shape index (κ3) is 2.42. The van der Waals surface area contributed by atoms with E-state index in [9.17, 15) is 4.79 Å². The summed E-state index contributed by atoms with van der Waals surface area (Å²) in [6.45, 7) is 4.36. The Morgan fingerprint density at radius 1 is 1.10 bits per heavy atom. The van der Waals surface area contributed by atoms with Crippen molar-refractivity contribution >= 4 is 16.8 Å². The van der Waals surface area contributed by atoms with Crippen LogP contribution in [0, 0.1) is 6.92 Å². The molecule has 3 heteroatoms. The van der Waals surface area contributed by atoms with E-state index in [2.05, 4.69) is 0 Å². The first-order chi connectivity index (χ1) is 10.2. The monoisotopic (exact) mass is 280 g/mol. The summed E-state index contributed by atoms with van der Waals surface area (Å²) >= 11 is 0. The normalized spacial score (nSPS) is 10.8. The second-order valence-electron chi connectivity index (χ2n) is 4.82. The average molecular weight is 280 g/mol. The van der Waals surface area contributed by atoms with E-state index >= 15 is 0 Å². The maximum absolute atomic E-state index is 12.7. The lowest BCUT2D eigenvalue weighted by atomic mass is 10.0. The number of hydrogen-bond donors (Lipinski definition) is 0. The molecule has 3 aromatic rings. The van der Waals surface area contributed by atoms with Gasteiger partial charge in [-0.2, -0.15) is 0 Å². The van der Waals surface area contributed by atoms with E-state index in [1.54, 1.807) is 12.1 Å². The molecule has 0 saturated carbocycles. The third-order valence-electron chi connectivity index (χ3n) is 3.43. The van der Waals surface area contributed by atoms with Gasteiger partial charge < -0.3 is 9.15 Å². The van der Waals surface area contributed by atoms with Crippen molar-refractivity contribution in [2.75, 3.05) is 6.61 Å². The van der Waals surface area contributed by atoms with Gasteiger partial charge in [-0.15, -0.1) is 0 Å². The minimum Gasteiger partial charge on any atom is -0.494 e. The Morgan fingerprint density at radius 2 is 1.81 bits per heavy atom. The second kappa shape index (κ2) is 5.44. The largest absolute Gasteiger partial charge is 0.494 e. The summed E-state index contributed by atoms with van der Waals surface area (Å²) in [6.07, 6.45) is 0. The van der Waals surface area contributed by atoms with E-state index in [0.717, 1.165) is 16.7 Å². The van der Waals surface area contributed by atoms with Crippen molar-refractivity contribution in [2.45, 2.75) is 13.8 Å². The molecule has 21 heavy (non-hydrogen) atoms. The zero-order chi connectivity index (χ0) is 14.8. The van der Waals surface area contributed by atoms with Crippen LogP contribution in [0.3, 0.4) is 0 Å². The molecule has 0 fully saturated rings. The standard InChI is InChI=1S/C18H16O3/c1-3-20-14-10-8-13(9-11-14)18(19)17-12(2)21-16-7-5-4-6-15(16)17/h4-11H,3H2,1-2H3. The quantitative estimate of drug-likeness (QED) is 0.666. The van der Waals surface area contributed by atoms with Crippen molar-refractivity contribution in [2.24, 2.45) is 0 Å². The zero-order valence-electron chi connectivity index (χ0n) is 12.1. The molecule has 0 spiro atoms. The Balaban J connectivity index is 2.02. The van der Waals surface area contributed by atoms with Crippen LogP contribution in [-0.4, -0.2) is 12.4 Å². The van der Waals surface area contributed by atoms with Crippen molar-refractivity contribution in [1.29, 1.82) is 0 Å². The van der Waals surface area contributed by atoms with E-state index in [1.165, 1.54) is 0 Å². The number of furan rings is 1. The summed E-state index contributed by atoms with van der Waals surface area (Å²) in [7, 11) is 0. The van der Waals surface area contributed by atoms with Gasteiger partial charge in [0.15, 0.2) is 5.78 Å². The van der Waals surface area contributed by atoms with Gasteiger partial charge in [0.05, 0.1) is 12.2 Å². The highest BCUT2D eigenvalue weighted by molar-refractivity contribution is 6.16. The molecule has 3 rings (SSSR count). The van der Waals surface area contributed by atoms with Crippen LogP contribution in [0.25, 0.3) is 11.0 Å². The van der Waals surface area contributed by atoms with Gasteiger partial charge in [-0.25, -0.2) is 0 Å². The number of aryl methyl sites for hydroxylation is 1. The van der Waals surface area contributed by atoms with Crippen LogP contribution in [0.5, 0.6) is 5.75 Å². The number of fused-ring (bicyclic) bond motifs is 1. The fourth-order valence-electron chi connectivity index (χ4n) is 2.46. The number of para-hydroxylation sites is 1. The number of ketones is 1. The smallest absolute Gasteiger partial charge is 0.197 e. The number of hydrogen-bond acceptors (Lipinski definition) is 3. The maximum atomic E-state index is 12.7. The molecule has 0 N–H and O–H groups in total. The summed E-state index contributed by atoms with van der Waals surface area (Å²) < 4.78 is 11.1. The second-order valence-corrected chi connectivity index (χ2v) is 4.82. The van der Waals surface area contributed by atoms with Crippen LogP contribution >= 0.6 is 0 Å². The molecule has 3 nitrogen and oxygen atoms in total. The molecule has 0 bridgehead atoms. The molecular formula is C18H16O3. The lowest BCUT2D eigenvalue weighted by molar-refractivity contribution is 0.103. The number of rotatable bonds is 4. The van der Waals surface area contributed by atoms with Gasteiger partial charge in [0, 0.05) is 10.9 Å². The Hall–Kier alpha value is -2.55. The van der Waals surface area contributed by atoms with Crippen LogP contribution in [0.1, 0.15) is 28.6 Å². The zero-order valence-corrected chi connectivity index (χ0v) is 12.1. The summed E-state index contributed by atoms with van der Waals surface area (Å²) in [5.74, 6) is 1.39. The fourth-order valence-corrected chi connectivity index (χ4v) is 2.46. The first-order valence-electron chi connectivity index (χ1n) is 6.96. The summed E-state index contributed by atoms with van der Waals surface area (Å²) in [4.78, 5) is 12.7. The van der Waals surface area contributed by atoms with Gasteiger partial charge in [0.25, 0.3) is 0 Å². The molecule has 0 atom stereocenters. The SMILES string of the molecule is CCOc1ccc(C(=O)c2c(C)oc3ccccc23)cc1. The van der Waals surface area contributed by atoms with Crippen molar-refractivity contribution in [3.63, 3.8) is 0 Å². The summed E-state index contributed by atoms with van der Waals surface area (Å²) in [5.41, 5.74) is 2.01. The first kappa shape index (κ1) is 13.4. The van der Waals surface area contributed by atoms with E-state index in [0.29, 0.717) is 23.5 Å². The van der Waals surface area contributed by atoms with Gasteiger partial charge in [0.1, 0.15) is 17.1 Å². The molecular weight excluding hydrogens is 264 g/mol. The van der Waals surface area contributed by atoms with Gasteiger partial charge in [-0.05, 0) is 44.2 Å². The summed E-state index contributed by atoms with van der Waals surface area (Å²) in [6, 6.07) is 14.8. The molecule has 106 valence electrons. The first-order valence-corrected chi connectivity index (χ1v) is 6.96. The van der Waals surface area contributed by atoms with E-state index in [4.69, 9.17) is 9.15 Å². The molecule has 1 aromatic heterocycles. The summed E-state index contributed by atoms with van der Waals surface area (Å²) in [5, 5.41) is 0.855. The van der Waals surface area contributed by atoms with Crippen molar-refractivity contribution in [3.8, 4) is 5.75 Å². The molecule has 0 amide bonds. The van der Waals surface area contributed by atoms with Crippen LogP contribution in [0.15, 0.2) is 52.9 Å².